The van der Waals surface area contributed by atoms with Gasteiger partial charge in [-0.05, 0) is 42.5 Å². The second-order valence-corrected chi connectivity index (χ2v) is 8.06. The highest BCUT2D eigenvalue weighted by Crippen LogP contribution is 2.39. The summed E-state index contributed by atoms with van der Waals surface area (Å²) < 4.78 is 63.1. The SMILES string of the molecule is O=S1(=O)C2C=C(c3ccc(C(F)F)c(F)c3)CC1CCC2. The maximum atomic E-state index is 13.7. The van der Waals surface area contributed by atoms with Gasteiger partial charge in [0.25, 0.3) is 6.43 Å². The minimum absolute atomic E-state index is 0.340. The summed E-state index contributed by atoms with van der Waals surface area (Å²) in [6.07, 6.45) is 1.23. The van der Waals surface area contributed by atoms with Gasteiger partial charge in [0.05, 0.1) is 16.1 Å². The van der Waals surface area contributed by atoms with Crippen molar-refractivity contribution in [1.82, 2.24) is 0 Å². The Kier molecular flexibility index (Phi) is 3.59. The highest BCUT2D eigenvalue weighted by atomic mass is 32.2. The van der Waals surface area contributed by atoms with Crippen molar-refractivity contribution in [2.75, 3.05) is 0 Å². The molecule has 6 heteroatoms. The van der Waals surface area contributed by atoms with E-state index in [1.165, 1.54) is 6.07 Å². The molecule has 2 atom stereocenters. The van der Waals surface area contributed by atoms with Crippen LogP contribution >= 0.6 is 0 Å². The van der Waals surface area contributed by atoms with Crippen molar-refractivity contribution in [2.45, 2.75) is 42.6 Å². The lowest BCUT2D eigenvalue weighted by atomic mass is 9.93. The summed E-state index contributed by atoms with van der Waals surface area (Å²) in [5, 5.41) is -0.938. The zero-order valence-corrected chi connectivity index (χ0v) is 12.0. The third kappa shape index (κ3) is 2.50. The fourth-order valence-electron chi connectivity index (χ4n) is 3.17. The molecule has 1 aromatic carbocycles. The summed E-state index contributed by atoms with van der Waals surface area (Å²) in [4.78, 5) is 0. The number of sulfone groups is 1. The van der Waals surface area contributed by atoms with Gasteiger partial charge in [-0.15, -0.1) is 0 Å². The first-order chi connectivity index (χ1) is 9.89. The number of benzene rings is 1. The Balaban J connectivity index is 1.99. The second-order valence-electron chi connectivity index (χ2n) is 5.61. The first-order valence-electron chi connectivity index (χ1n) is 6.91. The Morgan fingerprint density at radius 1 is 1.19 bits per heavy atom. The van der Waals surface area contributed by atoms with Gasteiger partial charge < -0.3 is 0 Å². The normalized spacial score (nSPS) is 27.5. The first kappa shape index (κ1) is 14.6. The van der Waals surface area contributed by atoms with Gasteiger partial charge in [-0.25, -0.2) is 21.6 Å². The summed E-state index contributed by atoms with van der Waals surface area (Å²) in [6.45, 7) is 0. The predicted octanol–water partition coefficient (Wildman–Crippen LogP) is 3.89. The molecule has 2 bridgehead atoms. The van der Waals surface area contributed by atoms with E-state index >= 15 is 0 Å². The van der Waals surface area contributed by atoms with Crippen molar-refractivity contribution >= 4 is 15.4 Å². The summed E-state index contributed by atoms with van der Waals surface area (Å²) in [5.74, 6) is -0.943. The van der Waals surface area contributed by atoms with E-state index in [0.29, 0.717) is 24.8 Å². The number of halogens is 3. The summed E-state index contributed by atoms with van der Waals surface area (Å²) in [6, 6.07) is 3.61. The van der Waals surface area contributed by atoms with Gasteiger partial charge in [-0.2, -0.15) is 0 Å². The van der Waals surface area contributed by atoms with Crippen LogP contribution in [0.5, 0.6) is 0 Å². The van der Waals surface area contributed by atoms with Gasteiger partial charge in [-0.1, -0.05) is 18.6 Å². The van der Waals surface area contributed by atoms with E-state index in [-0.39, 0.29) is 0 Å². The topological polar surface area (TPSA) is 34.1 Å². The number of fused-ring (bicyclic) bond motifs is 2. The number of hydrogen-bond donors (Lipinski definition) is 0. The van der Waals surface area contributed by atoms with Crippen LogP contribution in [0.4, 0.5) is 13.2 Å². The molecule has 2 aliphatic rings. The minimum atomic E-state index is -3.13. The van der Waals surface area contributed by atoms with E-state index in [1.54, 1.807) is 6.08 Å². The molecule has 0 aliphatic carbocycles. The van der Waals surface area contributed by atoms with E-state index < -0.39 is 38.1 Å². The van der Waals surface area contributed by atoms with Crippen LogP contribution < -0.4 is 0 Å². The van der Waals surface area contributed by atoms with Crippen molar-refractivity contribution in [2.24, 2.45) is 0 Å². The van der Waals surface area contributed by atoms with Crippen LogP contribution in [-0.2, 0) is 9.84 Å². The van der Waals surface area contributed by atoms with Gasteiger partial charge in [-0.3, -0.25) is 0 Å². The lowest BCUT2D eigenvalue weighted by Gasteiger charge is -2.33. The number of hydrogen-bond acceptors (Lipinski definition) is 2. The maximum absolute atomic E-state index is 13.7. The van der Waals surface area contributed by atoms with Gasteiger partial charge in [0.15, 0.2) is 9.84 Å². The fourth-order valence-corrected chi connectivity index (χ4v) is 5.43. The van der Waals surface area contributed by atoms with Crippen LogP contribution in [0.3, 0.4) is 0 Å². The van der Waals surface area contributed by atoms with Crippen molar-refractivity contribution in [3.8, 4) is 0 Å². The number of alkyl halides is 2. The first-order valence-corrected chi connectivity index (χ1v) is 8.52. The quantitative estimate of drug-likeness (QED) is 0.829. The minimum Gasteiger partial charge on any atom is -0.228 e. The molecule has 2 heterocycles. The van der Waals surface area contributed by atoms with Gasteiger partial charge in [0.2, 0.25) is 0 Å². The highest BCUT2D eigenvalue weighted by molar-refractivity contribution is 7.93. The molecular weight excluding hydrogens is 301 g/mol. The molecule has 1 saturated heterocycles. The van der Waals surface area contributed by atoms with E-state index in [1.807, 2.05) is 0 Å². The molecule has 0 radical (unpaired) electrons. The molecule has 0 spiro atoms. The average Bonchev–Trinajstić information content (AvgIpc) is 2.36. The second kappa shape index (κ2) is 5.16. The molecular formula is C15H15F3O2S. The Morgan fingerprint density at radius 3 is 2.57 bits per heavy atom. The largest absolute Gasteiger partial charge is 0.266 e. The molecule has 21 heavy (non-hydrogen) atoms. The van der Waals surface area contributed by atoms with Gasteiger partial charge >= 0.3 is 0 Å². The molecule has 0 aromatic heterocycles. The predicted molar refractivity (Wildman–Crippen MR) is 74.3 cm³/mol. The Bertz CT molecular complexity index is 695. The van der Waals surface area contributed by atoms with Crippen molar-refractivity contribution in [3.05, 3.63) is 41.2 Å². The number of rotatable bonds is 2. The molecule has 114 valence electrons. The molecule has 1 aromatic rings. The Labute approximate surface area is 121 Å². The highest BCUT2D eigenvalue weighted by Gasteiger charge is 2.40. The van der Waals surface area contributed by atoms with Crippen LogP contribution in [-0.4, -0.2) is 18.9 Å². The van der Waals surface area contributed by atoms with Crippen LogP contribution in [0, 0.1) is 5.82 Å². The average molecular weight is 316 g/mol. The van der Waals surface area contributed by atoms with Crippen LogP contribution in [0.1, 0.15) is 43.2 Å². The van der Waals surface area contributed by atoms with E-state index in [9.17, 15) is 21.6 Å². The molecule has 1 fully saturated rings. The smallest absolute Gasteiger partial charge is 0.228 e. The zero-order chi connectivity index (χ0) is 15.2. The van der Waals surface area contributed by atoms with Crippen molar-refractivity contribution in [1.29, 1.82) is 0 Å². The van der Waals surface area contributed by atoms with Crippen LogP contribution in [0.25, 0.3) is 5.57 Å². The summed E-state index contributed by atoms with van der Waals surface area (Å²) in [5.41, 5.74) is 0.630. The van der Waals surface area contributed by atoms with E-state index in [4.69, 9.17) is 0 Å². The molecule has 0 amide bonds. The van der Waals surface area contributed by atoms with Crippen molar-refractivity contribution in [3.63, 3.8) is 0 Å². The molecule has 2 nitrogen and oxygen atoms in total. The fraction of sp³-hybridized carbons (Fsp3) is 0.467. The van der Waals surface area contributed by atoms with Crippen LogP contribution in [0.2, 0.25) is 0 Å². The maximum Gasteiger partial charge on any atom is 0.266 e. The molecule has 2 aliphatic heterocycles. The lowest BCUT2D eigenvalue weighted by Crippen LogP contribution is -2.38. The third-order valence-corrected chi connectivity index (χ3v) is 6.89. The van der Waals surface area contributed by atoms with Gasteiger partial charge in [0, 0.05) is 0 Å². The van der Waals surface area contributed by atoms with Crippen LogP contribution in [0.15, 0.2) is 24.3 Å². The standard InChI is InChI=1S/C15H15F3O2S/c16-14-8-9(4-5-13(14)15(17)18)10-6-11-2-1-3-12(7-10)21(11,19)20/h4-6,8,11-12,15H,1-3,7H2. The van der Waals surface area contributed by atoms with Crippen molar-refractivity contribution < 1.29 is 21.6 Å². The molecule has 0 N–H and O–H groups in total. The van der Waals surface area contributed by atoms with Gasteiger partial charge in [0.1, 0.15) is 5.82 Å². The Morgan fingerprint density at radius 2 is 1.95 bits per heavy atom. The van der Waals surface area contributed by atoms with E-state index in [2.05, 4.69) is 0 Å². The van der Waals surface area contributed by atoms with E-state index in [0.717, 1.165) is 24.1 Å². The summed E-state index contributed by atoms with van der Waals surface area (Å²) >= 11 is 0. The zero-order valence-electron chi connectivity index (χ0n) is 11.2. The molecule has 3 rings (SSSR count). The monoisotopic (exact) mass is 316 g/mol. The molecule has 2 unspecified atom stereocenters. The number of allylic oxidation sites excluding steroid dienone is 1. The third-order valence-electron chi connectivity index (χ3n) is 4.34. The lowest BCUT2D eigenvalue weighted by molar-refractivity contribution is 0.146. The summed E-state index contributed by atoms with van der Waals surface area (Å²) in [7, 11) is -3.13. The Hall–Kier alpha value is -1.30. The molecule has 0 saturated carbocycles.